The predicted octanol–water partition coefficient (Wildman–Crippen LogP) is 2.86. The quantitative estimate of drug-likeness (QED) is 0.365. The Morgan fingerprint density at radius 1 is 1.08 bits per heavy atom. The number of fused-ring (bicyclic) bond motifs is 3. The number of nitrogens with zero attached hydrogens (tertiary/aromatic N) is 1. The molecule has 0 amide bonds. The van der Waals surface area contributed by atoms with Crippen molar-refractivity contribution in [2.45, 2.75) is 69.7 Å². The molecule has 2 aliphatic carbocycles. The van der Waals surface area contributed by atoms with E-state index in [9.17, 15) is 34.6 Å². The Balaban J connectivity index is 1.69. The number of ether oxygens (including phenoxy) is 2. The number of rotatable bonds is 4. The molecule has 1 heterocycles. The molecule has 3 N–H and O–H groups in total. The summed E-state index contributed by atoms with van der Waals surface area (Å²) >= 11 is 0. The predicted molar refractivity (Wildman–Crippen MR) is 124 cm³/mol. The summed E-state index contributed by atoms with van der Waals surface area (Å²) in [5.41, 5.74) is -2.45. The van der Waals surface area contributed by atoms with Gasteiger partial charge in [-0.05, 0) is 20.3 Å². The van der Waals surface area contributed by atoms with Crippen LogP contribution in [0.4, 0.5) is 0 Å². The highest BCUT2D eigenvalue weighted by Gasteiger charge is 2.50. The van der Waals surface area contributed by atoms with Gasteiger partial charge in [0.25, 0.3) is 0 Å². The first-order chi connectivity index (χ1) is 17.1. The second-order valence-electron chi connectivity index (χ2n) is 9.64. The molecule has 2 aromatic carbocycles. The highest BCUT2D eigenvalue weighted by atomic mass is 16.7. The van der Waals surface area contributed by atoms with Gasteiger partial charge < -0.3 is 24.8 Å². The van der Waals surface area contributed by atoms with Crippen molar-refractivity contribution in [1.82, 2.24) is 0 Å². The van der Waals surface area contributed by atoms with Gasteiger partial charge in [-0.15, -0.1) is 4.91 Å². The Bertz CT molecular complexity index is 1320. The number of carbonyl (C=O) groups excluding carboxylic acids is 3. The summed E-state index contributed by atoms with van der Waals surface area (Å²) in [5, 5.41) is 35.7. The lowest BCUT2D eigenvalue weighted by Gasteiger charge is -2.40. The van der Waals surface area contributed by atoms with Gasteiger partial charge in [-0.2, -0.15) is 0 Å². The molecule has 1 fully saturated rings. The van der Waals surface area contributed by atoms with E-state index in [1.165, 1.54) is 19.1 Å². The summed E-state index contributed by atoms with van der Waals surface area (Å²) < 4.78 is 11.8. The Morgan fingerprint density at radius 2 is 1.69 bits per heavy atom. The lowest BCUT2D eigenvalue weighted by Crippen LogP contribution is -2.45. The number of benzene rings is 2. The van der Waals surface area contributed by atoms with Crippen LogP contribution in [0.15, 0.2) is 29.4 Å². The zero-order chi connectivity index (χ0) is 25.9. The van der Waals surface area contributed by atoms with E-state index in [-0.39, 0.29) is 46.2 Å². The molecule has 3 aliphatic rings. The Morgan fingerprint density at radius 3 is 2.25 bits per heavy atom. The third kappa shape index (κ3) is 3.47. The molecule has 10 nitrogen and oxygen atoms in total. The van der Waals surface area contributed by atoms with Crippen LogP contribution in [0.1, 0.15) is 82.2 Å². The number of aliphatic hydroxyl groups is 1. The van der Waals surface area contributed by atoms with Gasteiger partial charge in [-0.3, -0.25) is 14.4 Å². The largest absolute Gasteiger partial charge is 0.507 e. The van der Waals surface area contributed by atoms with Crippen LogP contribution >= 0.6 is 0 Å². The number of ketones is 3. The highest BCUT2D eigenvalue weighted by molar-refractivity contribution is 6.30. The molecule has 5 atom stereocenters. The maximum absolute atomic E-state index is 13.3. The van der Waals surface area contributed by atoms with Crippen LogP contribution in [0.25, 0.3) is 0 Å². The summed E-state index contributed by atoms with van der Waals surface area (Å²) in [6, 6.07) is 6.07. The monoisotopic (exact) mass is 495 g/mol. The molecular formula is C26H25NO9. The molecule has 0 radical (unpaired) electrons. The van der Waals surface area contributed by atoms with E-state index in [4.69, 9.17) is 9.47 Å². The summed E-state index contributed by atoms with van der Waals surface area (Å²) in [6.07, 6.45) is -3.23. The third-order valence-electron chi connectivity index (χ3n) is 7.53. The zero-order valence-corrected chi connectivity index (χ0v) is 19.7. The first-order valence-corrected chi connectivity index (χ1v) is 11.7. The smallest absolute Gasteiger partial charge is 0.198 e. The second-order valence-corrected chi connectivity index (χ2v) is 9.64. The SMILES string of the molecule is CC(=O)[C@]1(N=O)Cc2c(O)c3c(c(O)c2[C@@H](O[C@H]2CC[C@H](O)[C@H](C)O2)C1)C(=O)c1ccccc1C3=O. The molecule has 0 aromatic heterocycles. The van der Waals surface area contributed by atoms with E-state index in [0.29, 0.717) is 12.8 Å². The number of Topliss-reactive ketones (excluding diaryl/α,β-unsaturated/α-hetero) is 1. The standard InChI is InChI=1S/C26H25NO9/c1-11-16(29)7-8-18(35-11)36-17-10-26(27-34,12(2)28)9-15-19(17)25(33)21-20(24(15)32)22(30)13-5-3-4-6-14(13)23(21)31/h3-6,11,16-18,29,32-33H,7-10H2,1-2H3/t11-,16-,17-,18-,26-/m0/s1. The second kappa shape index (κ2) is 8.58. The van der Waals surface area contributed by atoms with Crippen molar-refractivity contribution in [2.75, 3.05) is 0 Å². The number of phenolic OH excluding ortho intramolecular Hbond substituents is 2. The number of hydrogen-bond acceptors (Lipinski definition) is 10. The van der Waals surface area contributed by atoms with Gasteiger partial charge in [0.2, 0.25) is 0 Å². The average Bonchev–Trinajstić information content (AvgIpc) is 2.86. The maximum Gasteiger partial charge on any atom is 0.198 e. The number of phenols is 2. The van der Waals surface area contributed by atoms with Gasteiger partial charge in [0.05, 0.1) is 29.4 Å². The van der Waals surface area contributed by atoms with Crippen LogP contribution in [0.3, 0.4) is 0 Å². The molecule has 0 saturated carbocycles. The summed E-state index contributed by atoms with van der Waals surface area (Å²) in [5.74, 6) is -3.03. The third-order valence-corrected chi connectivity index (χ3v) is 7.53. The Labute approximate surface area is 205 Å². The zero-order valence-electron chi connectivity index (χ0n) is 19.7. The molecule has 0 unspecified atom stereocenters. The molecule has 0 bridgehead atoms. The van der Waals surface area contributed by atoms with Crippen molar-refractivity contribution in [2.24, 2.45) is 5.18 Å². The van der Waals surface area contributed by atoms with Gasteiger partial charge in [0, 0.05) is 41.5 Å². The number of aromatic hydroxyl groups is 2. The molecule has 1 saturated heterocycles. The van der Waals surface area contributed by atoms with Crippen LogP contribution < -0.4 is 0 Å². The van der Waals surface area contributed by atoms with Crippen molar-refractivity contribution >= 4 is 17.3 Å². The van der Waals surface area contributed by atoms with Gasteiger partial charge in [0.15, 0.2) is 29.2 Å². The average molecular weight is 495 g/mol. The minimum Gasteiger partial charge on any atom is -0.507 e. The van der Waals surface area contributed by atoms with Crippen molar-refractivity contribution in [3.8, 4) is 11.5 Å². The fourth-order valence-corrected chi connectivity index (χ4v) is 5.42. The Hall–Kier alpha value is -3.47. The van der Waals surface area contributed by atoms with Gasteiger partial charge in [0.1, 0.15) is 11.5 Å². The Kier molecular flexibility index (Phi) is 5.77. The van der Waals surface area contributed by atoms with E-state index in [0.717, 1.165) is 0 Å². The minimum atomic E-state index is -1.82. The molecule has 5 rings (SSSR count). The van der Waals surface area contributed by atoms with E-state index >= 15 is 0 Å². The molecule has 188 valence electrons. The van der Waals surface area contributed by atoms with E-state index in [1.54, 1.807) is 19.1 Å². The fraction of sp³-hybridized carbons (Fsp3) is 0.423. The van der Waals surface area contributed by atoms with Gasteiger partial charge >= 0.3 is 0 Å². The van der Waals surface area contributed by atoms with Crippen molar-refractivity contribution in [1.29, 1.82) is 0 Å². The molecule has 10 heteroatoms. The lowest BCUT2D eigenvalue weighted by molar-refractivity contribution is -0.239. The van der Waals surface area contributed by atoms with Crippen molar-refractivity contribution in [3.05, 3.63) is 62.6 Å². The number of aliphatic hydroxyl groups excluding tert-OH is 1. The van der Waals surface area contributed by atoms with Crippen LogP contribution in [-0.2, 0) is 20.7 Å². The number of hydrogen-bond donors (Lipinski definition) is 3. The fourth-order valence-electron chi connectivity index (χ4n) is 5.42. The molecule has 36 heavy (non-hydrogen) atoms. The summed E-state index contributed by atoms with van der Waals surface area (Å²) in [6.45, 7) is 2.86. The van der Waals surface area contributed by atoms with Crippen LogP contribution in [0.2, 0.25) is 0 Å². The first kappa shape index (κ1) is 24.2. The van der Waals surface area contributed by atoms with E-state index in [2.05, 4.69) is 5.18 Å². The molecular weight excluding hydrogens is 470 g/mol. The lowest BCUT2D eigenvalue weighted by atomic mass is 9.71. The molecule has 2 aromatic rings. The summed E-state index contributed by atoms with van der Waals surface area (Å²) in [7, 11) is 0. The molecule has 1 aliphatic heterocycles. The first-order valence-electron chi connectivity index (χ1n) is 11.7. The normalized spacial score (nSPS) is 29.2. The minimum absolute atomic E-state index is 0.00896. The number of carbonyl (C=O) groups is 3. The molecule has 0 spiro atoms. The number of nitroso groups, excluding NO2 is 1. The van der Waals surface area contributed by atoms with E-state index in [1.807, 2.05) is 0 Å². The van der Waals surface area contributed by atoms with E-state index < -0.39 is 59.0 Å². The van der Waals surface area contributed by atoms with Crippen LogP contribution in [0, 0.1) is 4.91 Å². The van der Waals surface area contributed by atoms with Crippen LogP contribution in [-0.4, -0.2) is 56.7 Å². The van der Waals surface area contributed by atoms with Gasteiger partial charge in [-0.25, -0.2) is 0 Å². The van der Waals surface area contributed by atoms with Crippen molar-refractivity contribution in [3.63, 3.8) is 0 Å². The maximum atomic E-state index is 13.3. The van der Waals surface area contributed by atoms with Crippen LogP contribution in [0.5, 0.6) is 11.5 Å². The highest BCUT2D eigenvalue weighted by Crippen LogP contribution is 2.52. The van der Waals surface area contributed by atoms with Crippen molar-refractivity contribution < 1.29 is 39.2 Å². The summed E-state index contributed by atoms with van der Waals surface area (Å²) in [4.78, 5) is 51.2. The van der Waals surface area contributed by atoms with Gasteiger partial charge in [-0.1, -0.05) is 29.4 Å². The topological polar surface area (TPSA) is 160 Å².